The van der Waals surface area contributed by atoms with Crippen molar-refractivity contribution in [3.8, 4) is 22.8 Å². The number of aromatic amines is 1. The van der Waals surface area contributed by atoms with Gasteiger partial charge >= 0.3 is 0 Å². The van der Waals surface area contributed by atoms with Crippen molar-refractivity contribution in [3.05, 3.63) is 88.2 Å². The fraction of sp³-hybridized carbons (Fsp3) is 0.222. The van der Waals surface area contributed by atoms with E-state index < -0.39 is 0 Å². The molecule has 0 atom stereocenters. The number of hydrogen-bond acceptors (Lipinski definition) is 7. The molecule has 0 unspecified atom stereocenters. The molecule has 0 spiro atoms. The summed E-state index contributed by atoms with van der Waals surface area (Å²) in [6.45, 7) is 3.07. The average Bonchev–Trinajstić information content (AvgIpc) is 3.59. The molecule has 5 aromatic rings. The number of amides is 1. The molecule has 0 bridgehead atoms. The van der Waals surface area contributed by atoms with E-state index in [9.17, 15) is 9.59 Å². The molecule has 0 fully saturated rings. The van der Waals surface area contributed by atoms with Crippen LogP contribution >= 0.6 is 0 Å². The van der Waals surface area contributed by atoms with E-state index in [1.807, 2.05) is 31.2 Å². The number of aryl methyl sites for hydroxylation is 1. The first kappa shape index (κ1) is 24.8. The summed E-state index contributed by atoms with van der Waals surface area (Å²) in [6.07, 6.45) is 3.05. The van der Waals surface area contributed by atoms with Crippen LogP contribution in [0.2, 0.25) is 0 Å². The lowest BCUT2D eigenvalue weighted by molar-refractivity contribution is 0.0947. The van der Waals surface area contributed by atoms with Crippen LogP contribution < -0.4 is 20.3 Å². The van der Waals surface area contributed by atoms with E-state index in [4.69, 9.17) is 9.47 Å². The number of nitrogens with zero attached hydrogens (tertiary/aromatic N) is 5. The third-order valence-corrected chi connectivity index (χ3v) is 6.34. The zero-order chi connectivity index (χ0) is 26.6. The maximum Gasteiger partial charge on any atom is 0.269 e. The summed E-state index contributed by atoms with van der Waals surface area (Å²) in [7, 11) is 3.15. The zero-order valence-electron chi connectivity index (χ0n) is 21.3. The lowest BCUT2D eigenvalue weighted by Crippen LogP contribution is -2.28. The van der Waals surface area contributed by atoms with Gasteiger partial charge in [0.25, 0.3) is 11.5 Å². The fourth-order valence-electron chi connectivity index (χ4n) is 4.21. The van der Waals surface area contributed by atoms with E-state index in [1.54, 1.807) is 47.7 Å². The second kappa shape index (κ2) is 10.6. The molecule has 2 aromatic carbocycles. The highest BCUT2D eigenvalue weighted by Gasteiger charge is 2.16. The highest BCUT2D eigenvalue weighted by atomic mass is 16.5. The van der Waals surface area contributed by atoms with Crippen molar-refractivity contribution in [1.29, 1.82) is 0 Å². The Morgan fingerprint density at radius 3 is 2.74 bits per heavy atom. The van der Waals surface area contributed by atoms with Crippen molar-refractivity contribution < 1.29 is 14.3 Å². The van der Waals surface area contributed by atoms with Crippen molar-refractivity contribution in [1.82, 2.24) is 34.8 Å². The zero-order valence-corrected chi connectivity index (χ0v) is 21.3. The minimum absolute atomic E-state index is 0.161. The van der Waals surface area contributed by atoms with Crippen LogP contribution in [0.1, 0.15) is 21.6 Å². The van der Waals surface area contributed by atoms with Crippen molar-refractivity contribution in [2.75, 3.05) is 20.8 Å². The Hall–Kier alpha value is -4.93. The van der Waals surface area contributed by atoms with Gasteiger partial charge in [-0.15, -0.1) is 0 Å². The average molecular weight is 514 g/mol. The smallest absolute Gasteiger partial charge is 0.269 e. The number of carbonyl (C=O) groups is 1. The molecule has 3 aromatic heterocycles. The number of rotatable bonds is 9. The monoisotopic (exact) mass is 513 g/mol. The summed E-state index contributed by atoms with van der Waals surface area (Å²) in [6, 6.07) is 14.9. The number of methoxy groups -OCH3 is 2. The lowest BCUT2D eigenvalue weighted by Gasteiger charge is -2.09. The van der Waals surface area contributed by atoms with E-state index in [1.165, 1.54) is 12.5 Å². The van der Waals surface area contributed by atoms with Gasteiger partial charge in [0, 0.05) is 12.1 Å². The summed E-state index contributed by atoms with van der Waals surface area (Å²) in [5.41, 5.74) is 4.02. The van der Waals surface area contributed by atoms with Gasteiger partial charge in [-0.05, 0) is 42.3 Å². The van der Waals surface area contributed by atoms with E-state index >= 15 is 0 Å². The molecule has 0 saturated heterocycles. The molecule has 0 saturated carbocycles. The minimum atomic E-state index is -0.323. The van der Waals surface area contributed by atoms with Crippen LogP contribution in [0, 0.1) is 6.92 Å². The Labute approximate surface area is 218 Å². The van der Waals surface area contributed by atoms with Gasteiger partial charge in [-0.1, -0.05) is 24.3 Å². The van der Waals surface area contributed by atoms with Gasteiger partial charge in [0.15, 0.2) is 5.65 Å². The van der Waals surface area contributed by atoms with Crippen LogP contribution in [0.15, 0.2) is 65.8 Å². The molecule has 0 aliphatic carbocycles. The maximum absolute atomic E-state index is 13.0. The van der Waals surface area contributed by atoms with E-state index in [2.05, 4.69) is 25.6 Å². The minimum Gasteiger partial charge on any atom is -0.497 e. The Balaban J connectivity index is 1.25. The van der Waals surface area contributed by atoms with Crippen molar-refractivity contribution >= 4 is 16.9 Å². The quantitative estimate of drug-likeness (QED) is 0.310. The van der Waals surface area contributed by atoms with Crippen LogP contribution in [0.5, 0.6) is 11.5 Å². The SMILES string of the molecule is COc1ccc(OC)c(-c2cc(C(=O)NCCn3ncc4c(=O)n(Cc5ccccc5C)cnc43)[nH]n2)c1. The summed E-state index contributed by atoms with van der Waals surface area (Å²) >= 11 is 0. The topological polar surface area (TPSA) is 129 Å². The summed E-state index contributed by atoms with van der Waals surface area (Å²) in [4.78, 5) is 30.2. The molecular formula is C27H27N7O4. The van der Waals surface area contributed by atoms with E-state index in [0.717, 1.165) is 11.1 Å². The van der Waals surface area contributed by atoms with Gasteiger partial charge in [-0.3, -0.25) is 19.3 Å². The molecular weight excluding hydrogens is 486 g/mol. The highest BCUT2D eigenvalue weighted by molar-refractivity contribution is 5.93. The predicted octanol–water partition coefficient (Wildman–Crippen LogP) is 2.79. The number of ether oxygens (including phenoxy) is 2. The van der Waals surface area contributed by atoms with Crippen LogP contribution in [0.4, 0.5) is 0 Å². The van der Waals surface area contributed by atoms with Gasteiger partial charge in [0.1, 0.15) is 28.9 Å². The summed E-state index contributed by atoms with van der Waals surface area (Å²) in [5, 5.41) is 14.6. The molecule has 38 heavy (non-hydrogen) atoms. The van der Waals surface area contributed by atoms with Crippen LogP contribution in [-0.4, -0.2) is 56.2 Å². The number of carbonyl (C=O) groups excluding carboxylic acids is 1. The maximum atomic E-state index is 13.0. The first-order chi connectivity index (χ1) is 18.5. The number of aromatic nitrogens is 6. The van der Waals surface area contributed by atoms with Crippen molar-refractivity contribution in [2.45, 2.75) is 20.0 Å². The van der Waals surface area contributed by atoms with Gasteiger partial charge in [-0.2, -0.15) is 10.2 Å². The first-order valence-electron chi connectivity index (χ1n) is 12.0. The Morgan fingerprint density at radius 2 is 1.95 bits per heavy atom. The second-order valence-electron chi connectivity index (χ2n) is 8.70. The number of benzene rings is 2. The molecule has 11 heteroatoms. The Morgan fingerprint density at radius 1 is 1.11 bits per heavy atom. The van der Waals surface area contributed by atoms with Gasteiger partial charge in [0.05, 0.1) is 39.2 Å². The standard InChI is InChI=1S/C27H27N7O4/c1-17-6-4-5-7-18(17)15-33-16-29-25-21(27(33)36)14-30-34(25)11-10-28-26(35)23-13-22(31-32-23)20-12-19(37-2)8-9-24(20)38-3/h4-9,12-14,16H,10-11,15H2,1-3H3,(H,28,35)(H,31,32). The third kappa shape index (κ3) is 4.85. The summed E-state index contributed by atoms with van der Waals surface area (Å²) in [5.74, 6) is 0.938. The largest absolute Gasteiger partial charge is 0.497 e. The lowest BCUT2D eigenvalue weighted by atomic mass is 10.1. The molecule has 3 heterocycles. The van der Waals surface area contributed by atoms with E-state index in [-0.39, 0.29) is 18.0 Å². The van der Waals surface area contributed by atoms with Gasteiger partial charge in [0.2, 0.25) is 0 Å². The molecule has 0 aliphatic heterocycles. The molecule has 0 radical (unpaired) electrons. The Kier molecular flexibility index (Phi) is 6.90. The number of hydrogen-bond donors (Lipinski definition) is 2. The third-order valence-electron chi connectivity index (χ3n) is 6.34. The predicted molar refractivity (Wildman–Crippen MR) is 142 cm³/mol. The van der Waals surface area contributed by atoms with Gasteiger partial charge < -0.3 is 14.8 Å². The second-order valence-corrected chi connectivity index (χ2v) is 8.70. The van der Waals surface area contributed by atoms with Crippen molar-refractivity contribution in [2.24, 2.45) is 0 Å². The number of nitrogens with one attached hydrogen (secondary N) is 2. The molecule has 5 rings (SSSR count). The highest BCUT2D eigenvalue weighted by Crippen LogP contribution is 2.32. The fourth-order valence-corrected chi connectivity index (χ4v) is 4.21. The van der Waals surface area contributed by atoms with E-state index in [0.29, 0.717) is 52.6 Å². The van der Waals surface area contributed by atoms with Crippen LogP contribution in [0.25, 0.3) is 22.3 Å². The molecule has 1 amide bonds. The van der Waals surface area contributed by atoms with Crippen molar-refractivity contribution in [3.63, 3.8) is 0 Å². The molecule has 194 valence electrons. The van der Waals surface area contributed by atoms with Crippen LogP contribution in [-0.2, 0) is 13.1 Å². The number of fused-ring (bicyclic) bond motifs is 1. The molecule has 11 nitrogen and oxygen atoms in total. The molecule has 0 aliphatic rings. The Bertz CT molecular complexity index is 1670. The van der Waals surface area contributed by atoms with Gasteiger partial charge in [-0.25, -0.2) is 9.67 Å². The first-order valence-corrected chi connectivity index (χ1v) is 12.0. The number of H-pyrrole nitrogens is 1. The van der Waals surface area contributed by atoms with Crippen LogP contribution in [0.3, 0.4) is 0 Å². The molecule has 2 N–H and O–H groups in total. The normalized spacial score (nSPS) is 11.0. The summed E-state index contributed by atoms with van der Waals surface area (Å²) < 4.78 is 13.9.